The molecule has 2 rings (SSSR count). The lowest BCUT2D eigenvalue weighted by molar-refractivity contribution is 0.198. The van der Waals surface area contributed by atoms with Crippen molar-refractivity contribution in [3.05, 3.63) is 27.2 Å². The highest BCUT2D eigenvalue weighted by Crippen LogP contribution is 2.23. The minimum atomic E-state index is 0.498. The summed E-state index contributed by atoms with van der Waals surface area (Å²) in [5.41, 5.74) is 0. The van der Waals surface area contributed by atoms with Crippen molar-refractivity contribution in [2.75, 3.05) is 32.2 Å². The van der Waals surface area contributed by atoms with E-state index in [1.54, 1.807) is 18.4 Å². The van der Waals surface area contributed by atoms with Crippen LogP contribution in [0.15, 0.2) is 16.5 Å². The molecule has 0 bridgehead atoms. The van der Waals surface area contributed by atoms with E-state index in [0.717, 1.165) is 15.8 Å². The van der Waals surface area contributed by atoms with Gasteiger partial charge in [0.1, 0.15) is 0 Å². The maximum absolute atomic E-state index is 5.91. The lowest BCUT2D eigenvalue weighted by atomic mass is 10.4. The number of methoxy groups -OCH3 is 1. The molecule has 20 heavy (non-hydrogen) atoms. The Morgan fingerprint density at radius 3 is 3.00 bits per heavy atom. The first-order valence-corrected chi connectivity index (χ1v) is 7.36. The van der Waals surface area contributed by atoms with E-state index in [-0.39, 0.29) is 0 Å². The van der Waals surface area contributed by atoms with Crippen LogP contribution in [0.4, 0.5) is 6.01 Å². The molecule has 0 aliphatic rings. The third kappa shape index (κ3) is 4.45. The molecule has 0 aromatic carbocycles. The van der Waals surface area contributed by atoms with Gasteiger partial charge in [-0.15, -0.1) is 16.4 Å². The number of hydrogen-bond donors (Lipinski definition) is 1. The zero-order valence-corrected chi connectivity index (χ0v) is 13.0. The molecule has 0 amide bonds. The van der Waals surface area contributed by atoms with Gasteiger partial charge >= 0.3 is 6.01 Å². The van der Waals surface area contributed by atoms with Crippen molar-refractivity contribution in [1.29, 1.82) is 0 Å². The molecule has 0 saturated carbocycles. The van der Waals surface area contributed by atoms with Crippen LogP contribution in [0.2, 0.25) is 4.34 Å². The third-order valence-electron chi connectivity index (χ3n) is 2.56. The maximum Gasteiger partial charge on any atom is 0.318 e. The van der Waals surface area contributed by atoms with Crippen molar-refractivity contribution in [2.45, 2.75) is 13.1 Å². The molecule has 0 aliphatic carbocycles. The van der Waals surface area contributed by atoms with Crippen LogP contribution in [-0.2, 0) is 17.8 Å². The van der Waals surface area contributed by atoms with Crippen molar-refractivity contribution in [2.24, 2.45) is 0 Å². The monoisotopic (exact) mass is 316 g/mol. The Balaban J connectivity index is 1.84. The fourth-order valence-electron chi connectivity index (χ4n) is 1.58. The molecule has 0 fully saturated rings. The molecule has 0 saturated heterocycles. The summed E-state index contributed by atoms with van der Waals surface area (Å²) in [6.07, 6.45) is 0. The summed E-state index contributed by atoms with van der Waals surface area (Å²) in [5, 5.41) is 11.2. The van der Waals surface area contributed by atoms with Gasteiger partial charge < -0.3 is 19.4 Å². The topological polar surface area (TPSA) is 63.4 Å². The molecule has 0 atom stereocenters. The van der Waals surface area contributed by atoms with E-state index in [0.29, 0.717) is 31.6 Å². The van der Waals surface area contributed by atoms with Crippen LogP contribution in [-0.4, -0.2) is 37.5 Å². The minimum Gasteiger partial charge on any atom is -0.407 e. The second-order valence-corrected chi connectivity index (χ2v) is 6.01. The summed E-state index contributed by atoms with van der Waals surface area (Å²) >= 11 is 7.45. The van der Waals surface area contributed by atoms with Crippen molar-refractivity contribution in [1.82, 2.24) is 15.5 Å². The number of aromatic nitrogens is 2. The van der Waals surface area contributed by atoms with E-state index in [1.165, 1.54) is 0 Å². The molecule has 1 N–H and O–H groups in total. The van der Waals surface area contributed by atoms with Gasteiger partial charge in [0, 0.05) is 25.6 Å². The zero-order valence-electron chi connectivity index (χ0n) is 11.4. The van der Waals surface area contributed by atoms with Gasteiger partial charge in [0.05, 0.1) is 24.0 Å². The summed E-state index contributed by atoms with van der Waals surface area (Å²) in [6, 6.07) is 4.37. The Kier molecular flexibility index (Phi) is 5.78. The average Bonchev–Trinajstić information content (AvgIpc) is 3.04. The highest BCUT2D eigenvalue weighted by molar-refractivity contribution is 7.16. The second-order valence-electron chi connectivity index (χ2n) is 4.21. The SMILES string of the molecule is COCCNCc1nnc(N(C)Cc2ccc(Cl)s2)o1. The number of thiophene rings is 1. The first kappa shape index (κ1) is 15.2. The highest BCUT2D eigenvalue weighted by atomic mass is 35.5. The molecule has 2 aromatic heterocycles. The molecule has 110 valence electrons. The molecular formula is C12H17ClN4O2S. The van der Waals surface area contributed by atoms with E-state index >= 15 is 0 Å². The third-order valence-corrected chi connectivity index (χ3v) is 3.78. The molecule has 0 spiro atoms. The Bertz CT molecular complexity index is 531. The second kappa shape index (κ2) is 7.58. The molecule has 2 heterocycles. The van der Waals surface area contributed by atoms with Gasteiger partial charge in [-0.25, -0.2) is 0 Å². The Labute approximate surface area is 126 Å². The molecule has 0 unspecified atom stereocenters. The summed E-state index contributed by atoms with van der Waals surface area (Å²) in [7, 11) is 3.57. The standard InChI is InChI=1S/C12H17ClN4O2S/c1-17(8-9-3-4-10(13)20-9)12-16-15-11(19-12)7-14-5-6-18-2/h3-4,14H,5-8H2,1-2H3. The van der Waals surface area contributed by atoms with E-state index in [9.17, 15) is 0 Å². The van der Waals surface area contributed by atoms with Crippen LogP contribution in [0, 0.1) is 0 Å². The van der Waals surface area contributed by atoms with Crippen molar-refractivity contribution < 1.29 is 9.15 Å². The summed E-state index contributed by atoms with van der Waals surface area (Å²) in [4.78, 5) is 3.05. The fourth-order valence-corrected chi connectivity index (χ4v) is 2.72. The summed E-state index contributed by atoms with van der Waals surface area (Å²) < 4.78 is 11.3. The molecule has 6 nitrogen and oxygen atoms in total. The zero-order chi connectivity index (χ0) is 14.4. The smallest absolute Gasteiger partial charge is 0.318 e. The maximum atomic E-state index is 5.91. The molecule has 0 radical (unpaired) electrons. The molecule has 8 heteroatoms. The number of hydrogen-bond acceptors (Lipinski definition) is 7. The van der Waals surface area contributed by atoms with Crippen molar-refractivity contribution >= 4 is 29.0 Å². The Morgan fingerprint density at radius 1 is 1.45 bits per heavy atom. The van der Waals surface area contributed by atoms with E-state index < -0.39 is 0 Å². The molecule has 0 aliphatic heterocycles. The number of anilines is 1. The highest BCUT2D eigenvalue weighted by Gasteiger charge is 2.11. The number of rotatable bonds is 8. The van der Waals surface area contributed by atoms with Gasteiger partial charge in [0.15, 0.2) is 0 Å². The van der Waals surface area contributed by atoms with E-state index in [4.69, 9.17) is 20.8 Å². The van der Waals surface area contributed by atoms with Gasteiger partial charge in [-0.1, -0.05) is 16.7 Å². The largest absolute Gasteiger partial charge is 0.407 e. The first-order chi connectivity index (χ1) is 9.69. The average molecular weight is 317 g/mol. The van der Waals surface area contributed by atoms with Crippen LogP contribution in [0.5, 0.6) is 0 Å². The van der Waals surface area contributed by atoms with Crippen LogP contribution >= 0.6 is 22.9 Å². The Morgan fingerprint density at radius 2 is 2.30 bits per heavy atom. The lowest BCUT2D eigenvalue weighted by Gasteiger charge is -2.11. The quantitative estimate of drug-likeness (QED) is 0.753. The number of nitrogens with zero attached hydrogens (tertiary/aromatic N) is 3. The van der Waals surface area contributed by atoms with Crippen LogP contribution in [0.25, 0.3) is 0 Å². The van der Waals surface area contributed by atoms with Crippen LogP contribution in [0.1, 0.15) is 10.8 Å². The predicted octanol–water partition coefficient (Wildman–Crippen LogP) is 2.16. The fraction of sp³-hybridized carbons (Fsp3) is 0.500. The normalized spacial score (nSPS) is 10.9. The summed E-state index contributed by atoms with van der Waals surface area (Å²) in [6.45, 7) is 2.63. The van der Waals surface area contributed by atoms with Crippen molar-refractivity contribution in [3.8, 4) is 0 Å². The van der Waals surface area contributed by atoms with Gasteiger partial charge in [0.25, 0.3) is 0 Å². The van der Waals surface area contributed by atoms with E-state index in [2.05, 4.69) is 15.5 Å². The Hall–Kier alpha value is -1.15. The van der Waals surface area contributed by atoms with E-state index in [1.807, 2.05) is 24.1 Å². The van der Waals surface area contributed by atoms with Crippen LogP contribution in [0.3, 0.4) is 0 Å². The number of halogens is 1. The minimum absolute atomic E-state index is 0.498. The molecule has 2 aromatic rings. The lowest BCUT2D eigenvalue weighted by Crippen LogP contribution is -2.18. The van der Waals surface area contributed by atoms with Crippen LogP contribution < -0.4 is 10.2 Å². The van der Waals surface area contributed by atoms with Gasteiger partial charge in [-0.3, -0.25) is 0 Å². The first-order valence-electron chi connectivity index (χ1n) is 6.16. The van der Waals surface area contributed by atoms with Gasteiger partial charge in [-0.2, -0.15) is 0 Å². The summed E-state index contributed by atoms with van der Waals surface area (Å²) in [5.74, 6) is 0.562. The molecular weight excluding hydrogens is 300 g/mol. The van der Waals surface area contributed by atoms with Crippen molar-refractivity contribution in [3.63, 3.8) is 0 Å². The number of nitrogens with one attached hydrogen (secondary N) is 1. The predicted molar refractivity (Wildman–Crippen MR) is 79.3 cm³/mol. The number of ether oxygens (including phenoxy) is 1. The van der Waals surface area contributed by atoms with Gasteiger partial charge in [-0.05, 0) is 12.1 Å². The van der Waals surface area contributed by atoms with Gasteiger partial charge in [0.2, 0.25) is 5.89 Å².